The number of ether oxygens (including phenoxy) is 1. The first-order chi connectivity index (χ1) is 16.4. The lowest BCUT2D eigenvalue weighted by Gasteiger charge is -2.30. The number of rotatable bonds is 7. The highest BCUT2D eigenvalue weighted by molar-refractivity contribution is 7.98. The number of hydrogen-bond acceptors (Lipinski definition) is 5. The number of fused-ring (bicyclic) bond motifs is 1. The highest BCUT2D eigenvalue weighted by Gasteiger charge is 2.29. The van der Waals surface area contributed by atoms with Crippen molar-refractivity contribution in [3.05, 3.63) is 53.6 Å². The van der Waals surface area contributed by atoms with E-state index in [1.165, 1.54) is 11.1 Å². The fraction of sp³-hybridized carbons (Fsp3) is 0.500. The van der Waals surface area contributed by atoms with Gasteiger partial charge in [0.25, 0.3) is 0 Å². The molecule has 2 atom stereocenters. The maximum Gasteiger partial charge on any atom is 0.243 e. The van der Waals surface area contributed by atoms with Crippen molar-refractivity contribution in [2.75, 3.05) is 19.7 Å². The highest BCUT2D eigenvalue weighted by Crippen LogP contribution is 2.31. The van der Waals surface area contributed by atoms with Crippen molar-refractivity contribution in [2.24, 2.45) is 5.92 Å². The van der Waals surface area contributed by atoms with Gasteiger partial charge in [0.05, 0.1) is 28.6 Å². The molecule has 2 aliphatic heterocycles. The zero-order chi connectivity index (χ0) is 23.7. The molecule has 5 rings (SSSR count). The van der Waals surface area contributed by atoms with Crippen molar-refractivity contribution in [2.45, 2.75) is 68.0 Å². The summed E-state index contributed by atoms with van der Waals surface area (Å²) in [6.45, 7) is 6.94. The Morgan fingerprint density at radius 3 is 2.68 bits per heavy atom. The summed E-state index contributed by atoms with van der Waals surface area (Å²) in [4.78, 5) is 5.25. The van der Waals surface area contributed by atoms with E-state index < -0.39 is 10.0 Å². The molecule has 0 unspecified atom stereocenters. The fourth-order valence-corrected chi connectivity index (χ4v) is 7.47. The minimum Gasteiger partial charge on any atom is -0.376 e. The van der Waals surface area contributed by atoms with Crippen LogP contribution >= 0.6 is 11.8 Å². The van der Waals surface area contributed by atoms with Crippen LogP contribution in [0.5, 0.6) is 0 Å². The van der Waals surface area contributed by atoms with Gasteiger partial charge in [0.2, 0.25) is 10.0 Å². The van der Waals surface area contributed by atoms with Gasteiger partial charge in [0.1, 0.15) is 0 Å². The van der Waals surface area contributed by atoms with Gasteiger partial charge in [-0.3, -0.25) is 0 Å². The molecule has 0 saturated carbocycles. The maximum atomic E-state index is 13.4. The van der Waals surface area contributed by atoms with E-state index in [-0.39, 0.29) is 6.10 Å². The van der Waals surface area contributed by atoms with Gasteiger partial charge >= 0.3 is 0 Å². The second-order valence-electron chi connectivity index (χ2n) is 9.68. The average molecular weight is 500 g/mol. The fourth-order valence-electron chi connectivity index (χ4n) is 4.87. The predicted octanol–water partition coefficient (Wildman–Crippen LogP) is 5.24. The molecule has 1 aromatic heterocycles. The topological polar surface area (TPSA) is 64.4 Å². The van der Waals surface area contributed by atoms with Crippen LogP contribution in [0.3, 0.4) is 0 Å². The largest absolute Gasteiger partial charge is 0.376 e. The van der Waals surface area contributed by atoms with E-state index in [4.69, 9.17) is 9.72 Å². The number of piperidine rings is 1. The SMILES string of the molecule is Cc1ccc(CSc2nc3cc(S(=O)(=O)N4CCC[C@@H](C)C4)ccc3n2C[C@@H]2CCCO2)cc1. The standard InChI is InChI=1S/C26H33N3O3S2/c1-19-7-9-21(10-8-19)18-33-26-27-24-15-23(34(30,31)28-13-3-5-20(2)16-28)11-12-25(24)29(26)17-22-6-4-14-32-22/h7-12,15,20,22H,3-6,13-14,16-18H2,1-2H3/t20-,22+/m1/s1. The van der Waals surface area contributed by atoms with Gasteiger partial charge in [0, 0.05) is 25.4 Å². The molecule has 34 heavy (non-hydrogen) atoms. The van der Waals surface area contributed by atoms with Crippen LogP contribution in [0.2, 0.25) is 0 Å². The molecule has 0 bridgehead atoms. The molecule has 3 aromatic rings. The molecule has 6 nitrogen and oxygen atoms in total. The van der Waals surface area contributed by atoms with E-state index in [0.29, 0.717) is 23.9 Å². The third kappa shape index (κ3) is 5.05. The number of aryl methyl sites for hydroxylation is 1. The normalized spacial score (nSPS) is 21.9. The third-order valence-corrected chi connectivity index (χ3v) is 9.75. The van der Waals surface area contributed by atoms with Crippen LogP contribution in [0.1, 0.15) is 43.7 Å². The minimum atomic E-state index is -3.52. The summed E-state index contributed by atoms with van der Waals surface area (Å²) in [7, 11) is -3.52. The highest BCUT2D eigenvalue weighted by atomic mass is 32.2. The molecule has 0 radical (unpaired) electrons. The van der Waals surface area contributed by atoms with Gasteiger partial charge in [-0.2, -0.15) is 4.31 Å². The Labute approximate surface area is 206 Å². The zero-order valence-corrected chi connectivity index (χ0v) is 21.6. The van der Waals surface area contributed by atoms with Crippen molar-refractivity contribution in [1.29, 1.82) is 0 Å². The smallest absolute Gasteiger partial charge is 0.243 e. The lowest BCUT2D eigenvalue weighted by Crippen LogP contribution is -2.39. The molecule has 3 heterocycles. The first-order valence-corrected chi connectivity index (χ1v) is 14.6. The average Bonchev–Trinajstić information content (AvgIpc) is 3.46. The van der Waals surface area contributed by atoms with E-state index in [2.05, 4.69) is 42.7 Å². The summed E-state index contributed by atoms with van der Waals surface area (Å²) in [5.74, 6) is 1.20. The van der Waals surface area contributed by atoms with Gasteiger partial charge in [-0.15, -0.1) is 0 Å². The van der Waals surface area contributed by atoms with E-state index in [0.717, 1.165) is 60.8 Å². The number of hydrogen-bond donors (Lipinski definition) is 0. The lowest BCUT2D eigenvalue weighted by molar-refractivity contribution is 0.0960. The van der Waals surface area contributed by atoms with E-state index in [1.54, 1.807) is 28.2 Å². The maximum absolute atomic E-state index is 13.4. The monoisotopic (exact) mass is 499 g/mol. The number of thioether (sulfide) groups is 1. The van der Waals surface area contributed by atoms with Crippen LogP contribution in [0.4, 0.5) is 0 Å². The van der Waals surface area contributed by atoms with Crippen LogP contribution in [0, 0.1) is 12.8 Å². The second-order valence-corrected chi connectivity index (χ2v) is 12.6. The molecule has 2 aliphatic rings. The van der Waals surface area contributed by atoms with E-state index in [1.807, 2.05) is 6.07 Å². The second kappa shape index (κ2) is 10.0. The summed E-state index contributed by atoms with van der Waals surface area (Å²) in [6, 6.07) is 14.0. The lowest BCUT2D eigenvalue weighted by atomic mass is 10.0. The molecule has 2 aromatic carbocycles. The Morgan fingerprint density at radius 1 is 1.12 bits per heavy atom. The summed E-state index contributed by atoms with van der Waals surface area (Å²) < 4.78 is 36.5. The molecule has 0 amide bonds. The molecular weight excluding hydrogens is 466 g/mol. The quantitative estimate of drug-likeness (QED) is 0.416. The van der Waals surface area contributed by atoms with Crippen LogP contribution in [0.25, 0.3) is 11.0 Å². The van der Waals surface area contributed by atoms with Gasteiger partial charge in [-0.25, -0.2) is 13.4 Å². The predicted molar refractivity (Wildman–Crippen MR) is 137 cm³/mol. The molecule has 0 N–H and O–H groups in total. The Balaban J connectivity index is 1.46. The number of benzene rings is 2. The van der Waals surface area contributed by atoms with E-state index in [9.17, 15) is 8.42 Å². The van der Waals surface area contributed by atoms with Crippen molar-refractivity contribution in [1.82, 2.24) is 13.9 Å². The van der Waals surface area contributed by atoms with Gasteiger partial charge in [0.15, 0.2) is 5.16 Å². The summed E-state index contributed by atoms with van der Waals surface area (Å²) in [5, 5.41) is 0.909. The summed E-state index contributed by atoms with van der Waals surface area (Å²) in [6.07, 6.45) is 4.30. The Bertz CT molecular complexity index is 1250. The molecule has 8 heteroatoms. The molecule has 0 spiro atoms. The van der Waals surface area contributed by atoms with Gasteiger partial charge < -0.3 is 9.30 Å². The van der Waals surface area contributed by atoms with Crippen LogP contribution in [-0.4, -0.2) is 48.1 Å². The van der Waals surface area contributed by atoms with Crippen LogP contribution in [0.15, 0.2) is 52.5 Å². The first-order valence-electron chi connectivity index (χ1n) is 12.2. The van der Waals surface area contributed by atoms with Gasteiger partial charge in [-0.05, 0) is 62.3 Å². The Morgan fingerprint density at radius 2 is 1.94 bits per heavy atom. The molecule has 2 fully saturated rings. The Hall–Kier alpha value is -1.87. The Kier molecular flexibility index (Phi) is 7.02. The zero-order valence-electron chi connectivity index (χ0n) is 19.9. The third-order valence-electron chi connectivity index (χ3n) is 6.84. The molecule has 2 saturated heterocycles. The number of sulfonamides is 1. The number of imidazole rings is 1. The number of nitrogens with zero attached hydrogens (tertiary/aromatic N) is 3. The summed E-state index contributed by atoms with van der Waals surface area (Å²) in [5.41, 5.74) is 4.19. The number of aromatic nitrogens is 2. The van der Waals surface area contributed by atoms with E-state index >= 15 is 0 Å². The van der Waals surface area contributed by atoms with Crippen molar-refractivity contribution >= 4 is 32.8 Å². The first kappa shape index (κ1) is 23.9. The van der Waals surface area contributed by atoms with Crippen LogP contribution in [-0.2, 0) is 27.1 Å². The molecule has 182 valence electrons. The van der Waals surface area contributed by atoms with Crippen LogP contribution < -0.4 is 0 Å². The van der Waals surface area contributed by atoms with Gasteiger partial charge in [-0.1, -0.05) is 48.5 Å². The molecular formula is C26H33N3O3S2. The summed E-state index contributed by atoms with van der Waals surface area (Å²) >= 11 is 1.69. The van der Waals surface area contributed by atoms with Crippen molar-refractivity contribution in [3.8, 4) is 0 Å². The minimum absolute atomic E-state index is 0.175. The van der Waals surface area contributed by atoms with Crippen molar-refractivity contribution in [3.63, 3.8) is 0 Å². The molecule has 0 aliphatic carbocycles. The van der Waals surface area contributed by atoms with Crippen molar-refractivity contribution < 1.29 is 13.2 Å².